The van der Waals surface area contributed by atoms with Gasteiger partial charge in [-0.3, -0.25) is 4.79 Å². The standard InChI is InChI=1S/C22H25F2N3O3/c1-11-18-13(20(28)14(21(29)30)9-27(18)17-8-15(17)23)7-16(24)19(11)26-6-4-12-3-2-5-22(12,25)10-26/h7,9,12,15,17H,2-6,8,10,25H2,1H3,(H,29,30)/t12?,15-,17+,22+/m0/s1. The van der Waals surface area contributed by atoms with Crippen LogP contribution in [0.2, 0.25) is 0 Å². The molecule has 160 valence electrons. The lowest BCUT2D eigenvalue weighted by molar-refractivity contribution is 0.0694. The Labute approximate surface area is 172 Å². The number of piperidine rings is 1. The first-order chi connectivity index (χ1) is 14.2. The van der Waals surface area contributed by atoms with Gasteiger partial charge in [0.05, 0.1) is 17.2 Å². The van der Waals surface area contributed by atoms with Gasteiger partial charge in [0.25, 0.3) is 0 Å². The van der Waals surface area contributed by atoms with E-state index in [0.29, 0.717) is 35.8 Å². The number of aryl methyl sites for hydroxylation is 1. The molecular weight excluding hydrogens is 392 g/mol. The van der Waals surface area contributed by atoms with Gasteiger partial charge in [-0.2, -0.15) is 0 Å². The van der Waals surface area contributed by atoms with Gasteiger partial charge in [-0.05, 0) is 43.7 Å². The lowest BCUT2D eigenvalue weighted by Gasteiger charge is -2.44. The Balaban J connectivity index is 1.70. The van der Waals surface area contributed by atoms with E-state index in [-0.39, 0.29) is 17.3 Å². The Hall–Kier alpha value is -2.48. The summed E-state index contributed by atoms with van der Waals surface area (Å²) >= 11 is 0. The molecule has 0 amide bonds. The molecule has 3 N–H and O–H groups in total. The number of alkyl halides is 1. The summed E-state index contributed by atoms with van der Waals surface area (Å²) < 4.78 is 30.8. The molecule has 2 heterocycles. The van der Waals surface area contributed by atoms with Crippen LogP contribution in [0.3, 0.4) is 0 Å². The van der Waals surface area contributed by atoms with Crippen molar-refractivity contribution >= 4 is 22.6 Å². The van der Waals surface area contributed by atoms with E-state index in [2.05, 4.69) is 0 Å². The van der Waals surface area contributed by atoms with Crippen LogP contribution in [0.4, 0.5) is 14.5 Å². The Kier molecular flexibility index (Phi) is 4.23. The number of nitrogens with two attached hydrogens (primary N) is 1. The molecule has 2 saturated carbocycles. The normalized spacial score (nSPS) is 30.5. The first-order valence-electron chi connectivity index (χ1n) is 10.5. The number of aromatic nitrogens is 1. The fraction of sp³-hybridized carbons (Fsp3) is 0.545. The van der Waals surface area contributed by atoms with Crippen LogP contribution >= 0.6 is 0 Å². The van der Waals surface area contributed by atoms with Gasteiger partial charge in [0.2, 0.25) is 5.43 Å². The molecule has 0 radical (unpaired) electrons. The maximum Gasteiger partial charge on any atom is 0.341 e. The highest BCUT2D eigenvalue weighted by molar-refractivity contribution is 5.95. The molecule has 3 fully saturated rings. The van der Waals surface area contributed by atoms with Crippen molar-refractivity contribution in [1.82, 2.24) is 4.57 Å². The molecule has 1 unspecified atom stereocenters. The molecule has 5 rings (SSSR count). The Morgan fingerprint density at radius 1 is 1.37 bits per heavy atom. The van der Waals surface area contributed by atoms with Crippen molar-refractivity contribution < 1.29 is 18.7 Å². The van der Waals surface area contributed by atoms with E-state index >= 15 is 4.39 Å². The number of hydrogen-bond acceptors (Lipinski definition) is 4. The first-order valence-corrected chi connectivity index (χ1v) is 10.5. The van der Waals surface area contributed by atoms with E-state index in [0.717, 1.165) is 31.7 Å². The van der Waals surface area contributed by atoms with E-state index in [1.54, 1.807) is 6.92 Å². The first kappa shape index (κ1) is 19.5. The molecule has 4 atom stereocenters. The number of nitrogens with zero attached hydrogens (tertiary/aromatic N) is 2. The minimum Gasteiger partial charge on any atom is -0.477 e. The number of hydrogen-bond donors (Lipinski definition) is 2. The zero-order chi connectivity index (χ0) is 21.4. The third kappa shape index (κ3) is 2.76. The van der Waals surface area contributed by atoms with Crippen LogP contribution in [0.15, 0.2) is 17.1 Å². The highest BCUT2D eigenvalue weighted by Crippen LogP contribution is 2.45. The van der Waals surface area contributed by atoms with Crippen molar-refractivity contribution in [1.29, 1.82) is 0 Å². The van der Waals surface area contributed by atoms with Crippen LogP contribution < -0.4 is 16.1 Å². The van der Waals surface area contributed by atoms with Crippen molar-refractivity contribution in [2.24, 2.45) is 11.7 Å². The Bertz CT molecular complexity index is 1130. The highest BCUT2D eigenvalue weighted by atomic mass is 19.1. The number of halogens is 2. The predicted octanol–water partition coefficient (Wildman–Crippen LogP) is 3.14. The van der Waals surface area contributed by atoms with E-state index in [1.165, 1.54) is 10.8 Å². The second kappa shape index (κ2) is 6.51. The average molecular weight is 417 g/mol. The van der Waals surface area contributed by atoms with Crippen LogP contribution in [-0.4, -0.2) is 40.4 Å². The molecule has 1 aromatic carbocycles. The van der Waals surface area contributed by atoms with Crippen molar-refractivity contribution in [2.75, 3.05) is 18.0 Å². The Morgan fingerprint density at radius 3 is 2.77 bits per heavy atom. The van der Waals surface area contributed by atoms with Crippen molar-refractivity contribution in [3.05, 3.63) is 39.4 Å². The van der Waals surface area contributed by atoms with Gasteiger partial charge in [0.15, 0.2) is 0 Å². The summed E-state index contributed by atoms with van der Waals surface area (Å²) in [6.07, 6.45) is 4.31. The van der Waals surface area contributed by atoms with E-state index < -0.39 is 35.0 Å². The largest absolute Gasteiger partial charge is 0.477 e. The lowest BCUT2D eigenvalue weighted by atomic mass is 9.81. The van der Waals surface area contributed by atoms with Gasteiger partial charge in [0, 0.05) is 36.6 Å². The molecule has 1 aliphatic heterocycles. The monoisotopic (exact) mass is 417 g/mol. The fourth-order valence-electron chi connectivity index (χ4n) is 5.66. The van der Waals surface area contributed by atoms with Gasteiger partial charge >= 0.3 is 5.97 Å². The molecule has 1 aromatic heterocycles. The molecule has 30 heavy (non-hydrogen) atoms. The fourth-order valence-corrected chi connectivity index (χ4v) is 5.66. The number of fused-ring (bicyclic) bond motifs is 2. The maximum atomic E-state index is 15.3. The number of rotatable bonds is 3. The van der Waals surface area contributed by atoms with Crippen molar-refractivity contribution in [3.8, 4) is 0 Å². The second-order valence-electron chi connectivity index (χ2n) is 9.16. The molecule has 6 nitrogen and oxygen atoms in total. The quantitative estimate of drug-likeness (QED) is 0.801. The van der Waals surface area contributed by atoms with Gasteiger partial charge < -0.3 is 20.3 Å². The van der Waals surface area contributed by atoms with Gasteiger partial charge in [-0.1, -0.05) is 6.42 Å². The van der Waals surface area contributed by atoms with E-state index in [9.17, 15) is 19.1 Å². The minimum atomic E-state index is -1.40. The van der Waals surface area contributed by atoms with Crippen molar-refractivity contribution in [3.63, 3.8) is 0 Å². The molecular formula is C22H25F2N3O3. The number of carbonyl (C=O) groups is 1. The van der Waals surface area contributed by atoms with E-state index in [4.69, 9.17) is 5.73 Å². The summed E-state index contributed by atoms with van der Waals surface area (Å²) in [5.74, 6) is -1.53. The van der Waals surface area contributed by atoms with Gasteiger partial charge in [-0.25, -0.2) is 13.6 Å². The second-order valence-corrected chi connectivity index (χ2v) is 9.16. The summed E-state index contributed by atoms with van der Waals surface area (Å²) in [5, 5.41) is 9.39. The molecule has 0 spiro atoms. The molecule has 2 aromatic rings. The molecule has 8 heteroatoms. The molecule has 1 saturated heterocycles. The summed E-state index contributed by atoms with van der Waals surface area (Å²) in [5.41, 5.74) is 6.40. The number of pyridine rings is 1. The average Bonchev–Trinajstić information content (AvgIpc) is 3.27. The molecule has 3 aliphatic rings. The maximum absolute atomic E-state index is 15.3. The van der Waals surface area contributed by atoms with Crippen LogP contribution in [0.1, 0.15) is 54.1 Å². The lowest BCUT2D eigenvalue weighted by Crippen LogP contribution is -2.57. The van der Waals surface area contributed by atoms with Gasteiger partial charge in [-0.15, -0.1) is 0 Å². The predicted molar refractivity (Wildman–Crippen MR) is 110 cm³/mol. The van der Waals surface area contributed by atoms with Crippen LogP contribution in [0, 0.1) is 18.7 Å². The number of carboxylic acid groups (broad SMARTS) is 1. The van der Waals surface area contributed by atoms with E-state index in [1.807, 2.05) is 4.90 Å². The SMILES string of the molecule is Cc1c(N2CCC3CCC[C@@]3(N)C2)c(F)cc2c(=O)c(C(=O)O)cn([C@@H]3C[C@@H]3F)c12. The van der Waals surface area contributed by atoms with Crippen LogP contribution in [-0.2, 0) is 0 Å². The summed E-state index contributed by atoms with van der Waals surface area (Å²) in [7, 11) is 0. The van der Waals surface area contributed by atoms with Gasteiger partial charge in [0.1, 0.15) is 17.6 Å². The number of benzene rings is 1. The van der Waals surface area contributed by atoms with Crippen LogP contribution in [0.25, 0.3) is 10.9 Å². The zero-order valence-electron chi connectivity index (χ0n) is 16.8. The summed E-state index contributed by atoms with van der Waals surface area (Å²) in [6.45, 7) is 2.92. The summed E-state index contributed by atoms with van der Waals surface area (Å²) in [4.78, 5) is 26.2. The molecule has 0 bridgehead atoms. The number of aromatic carboxylic acids is 1. The zero-order valence-corrected chi connectivity index (χ0v) is 16.8. The highest BCUT2D eigenvalue weighted by Gasteiger charge is 2.45. The minimum absolute atomic E-state index is 0.0223. The molecule has 2 aliphatic carbocycles. The third-order valence-corrected chi connectivity index (χ3v) is 7.30. The Morgan fingerprint density at radius 2 is 2.10 bits per heavy atom. The van der Waals surface area contributed by atoms with Crippen molar-refractivity contribution in [2.45, 2.75) is 56.8 Å². The smallest absolute Gasteiger partial charge is 0.341 e. The topological polar surface area (TPSA) is 88.6 Å². The summed E-state index contributed by atoms with van der Waals surface area (Å²) in [6, 6.07) is 0.576. The van der Waals surface area contributed by atoms with Crippen LogP contribution in [0.5, 0.6) is 0 Å². The number of anilines is 1. The third-order valence-electron chi connectivity index (χ3n) is 7.30. The number of carboxylic acids is 1.